The predicted octanol–water partition coefficient (Wildman–Crippen LogP) is 1.95. The fraction of sp³-hybridized carbons (Fsp3) is 0.118. The zero-order valence-corrected chi connectivity index (χ0v) is 16.9. The van der Waals surface area contributed by atoms with Crippen LogP contribution in [0.15, 0.2) is 46.5 Å². The van der Waals surface area contributed by atoms with Crippen LogP contribution >= 0.6 is 22.9 Å². The van der Waals surface area contributed by atoms with Crippen LogP contribution in [0.5, 0.6) is 0 Å². The predicted molar refractivity (Wildman–Crippen MR) is 108 cm³/mol. The number of amides is 2. The molecule has 2 aliphatic rings. The van der Waals surface area contributed by atoms with E-state index in [-0.39, 0.29) is 33.6 Å². The van der Waals surface area contributed by atoms with E-state index in [1.807, 2.05) is 0 Å². The summed E-state index contributed by atoms with van der Waals surface area (Å²) in [5.74, 6) is -1.62. The lowest BCUT2D eigenvalue weighted by Gasteiger charge is -2.26. The van der Waals surface area contributed by atoms with Gasteiger partial charge in [-0.15, -0.1) is 15.7 Å². The first-order valence-electron chi connectivity index (χ1n) is 8.21. The molecule has 2 aromatic rings. The molecule has 4 rings (SSSR count). The van der Waals surface area contributed by atoms with Crippen molar-refractivity contribution in [3.8, 4) is 0 Å². The van der Waals surface area contributed by atoms with E-state index < -0.39 is 27.7 Å². The molecule has 0 spiro atoms. The number of amidine groups is 1. The number of rotatable bonds is 2. The molecule has 0 atom stereocenters. The number of hydrogen-bond donors (Lipinski definition) is 2. The van der Waals surface area contributed by atoms with Gasteiger partial charge in [-0.2, -0.15) is 0 Å². The van der Waals surface area contributed by atoms with Gasteiger partial charge in [0.15, 0.2) is 0 Å². The smallest absolute Gasteiger partial charge is 0.281 e. The minimum Gasteiger partial charge on any atom is -0.330 e. The Balaban J connectivity index is 1.45. The topological polar surface area (TPSA) is 108 Å². The van der Waals surface area contributed by atoms with E-state index in [0.717, 1.165) is 11.3 Å². The largest absolute Gasteiger partial charge is 0.330 e. The molecule has 0 radical (unpaired) electrons. The van der Waals surface area contributed by atoms with E-state index in [1.54, 1.807) is 0 Å². The van der Waals surface area contributed by atoms with Crippen LogP contribution in [0.2, 0.25) is 5.02 Å². The molecular weight excluding hydrogens is 443 g/mol. The summed E-state index contributed by atoms with van der Waals surface area (Å²) in [6.07, 6.45) is 4.25. The maximum absolute atomic E-state index is 13.3. The lowest BCUT2D eigenvalue weighted by Crippen LogP contribution is -2.43. The number of hydrogen-bond acceptors (Lipinski definition) is 6. The molecule has 0 saturated heterocycles. The number of nitrogens with one attached hydrogen (secondary N) is 2. The number of fused-ring (bicyclic) bond motifs is 2. The van der Waals surface area contributed by atoms with Crippen LogP contribution in [-0.4, -0.2) is 43.3 Å². The molecular formula is C17H12ClFN4O4S2. The summed E-state index contributed by atoms with van der Waals surface area (Å²) < 4.78 is 40.5. The summed E-state index contributed by atoms with van der Waals surface area (Å²) in [6.45, 7) is 0.169. The molecule has 2 aliphatic heterocycles. The van der Waals surface area contributed by atoms with Gasteiger partial charge in [0.2, 0.25) is 0 Å². The van der Waals surface area contributed by atoms with Gasteiger partial charge in [0.25, 0.3) is 21.8 Å². The first-order valence-corrected chi connectivity index (χ1v) is 11.0. The van der Waals surface area contributed by atoms with Gasteiger partial charge < -0.3 is 4.90 Å². The van der Waals surface area contributed by atoms with E-state index in [2.05, 4.69) is 15.2 Å². The van der Waals surface area contributed by atoms with Crippen LogP contribution in [0, 0.1) is 5.82 Å². The molecule has 0 unspecified atom stereocenters. The lowest BCUT2D eigenvalue weighted by molar-refractivity contribution is -0.118. The first kappa shape index (κ1) is 19.6. The minimum atomic E-state index is -3.49. The summed E-state index contributed by atoms with van der Waals surface area (Å²) in [7, 11) is -3.49. The molecule has 3 heterocycles. The molecule has 0 bridgehead atoms. The Morgan fingerprint density at radius 3 is 2.76 bits per heavy atom. The van der Waals surface area contributed by atoms with Gasteiger partial charge in [0.05, 0.1) is 16.3 Å². The van der Waals surface area contributed by atoms with E-state index in [9.17, 15) is 22.4 Å². The van der Waals surface area contributed by atoms with Crippen molar-refractivity contribution in [2.24, 2.45) is 4.40 Å². The van der Waals surface area contributed by atoms with Gasteiger partial charge in [0.1, 0.15) is 16.5 Å². The quantitative estimate of drug-likeness (QED) is 0.674. The van der Waals surface area contributed by atoms with Crippen LogP contribution in [0.4, 0.5) is 4.39 Å². The highest BCUT2D eigenvalue weighted by Gasteiger charge is 2.25. The summed E-state index contributed by atoms with van der Waals surface area (Å²) in [4.78, 5) is 26.4. The van der Waals surface area contributed by atoms with Crippen molar-refractivity contribution in [1.82, 2.24) is 15.8 Å². The molecule has 2 amide bonds. The second-order valence-electron chi connectivity index (χ2n) is 6.14. The molecule has 0 saturated carbocycles. The number of sulfonamides is 1. The maximum atomic E-state index is 13.3. The standard InChI is InChI=1S/C17H12ClFN4O4S2/c18-14-11-3-2-10(19)7-12(11)28-15(14)17(25)21-20-16(24)9-1-4-13-22-29(26,27)6-5-23(13)8-9/h1-4,7-8H,5-6H2,(H,20,24)(H,21,25). The number of carbonyl (C=O) groups excluding carboxylic acids is 2. The highest BCUT2D eigenvalue weighted by Crippen LogP contribution is 2.35. The van der Waals surface area contributed by atoms with E-state index >= 15 is 0 Å². The van der Waals surface area contributed by atoms with Crippen LogP contribution < -0.4 is 10.9 Å². The third-order valence-corrected chi connectivity index (χ3v) is 6.99. The summed E-state index contributed by atoms with van der Waals surface area (Å²) in [5, 5.41) is 0.711. The molecule has 29 heavy (non-hydrogen) atoms. The average molecular weight is 455 g/mol. The Morgan fingerprint density at radius 2 is 1.97 bits per heavy atom. The third-order valence-electron chi connectivity index (χ3n) is 4.17. The zero-order chi connectivity index (χ0) is 20.8. The number of nitrogens with zero attached hydrogens (tertiary/aromatic N) is 2. The van der Waals surface area contributed by atoms with Gasteiger partial charge in [-0.3, -0.25) is 20.4 Å². The van der Waals surface area contributed by atoms with Crippen LogP contribution in [0.25, 0.3) is 10.1 Å². The summed E-state index contributed by atoms with van der Waals surface area (Å²) >= 11 is 7.19. The van der Waals surface area contributed by atoms with Crippen LogP contribution in [0.1, 0.15) is 9.67 Å². The van der Waals surface area contributed by atoms with Crippen molar-refractivity contribution >= 4 is 60.7 Å². The fourth-order valence-corrected chi connectivity index (χ4v) is 5.17. The molecule has 0 aliphatic carbocycles. The molecule has 12 heteroatoms. The number of thiophene rings is 1. The minimum absolute atomic E-state index is 0.136. The summed E-state index contributed by atoms with van der Waals surface area (Å²) in [5.41, 5.74) is 4.75. The number of benzene rings is 1. The number of carbonyl (C=O) groups is 2. The van der Waals surface area contributed by atoms with E-state index in [1.165, 1.54) is 41.5 Å². The summed E-state index contributed by atoms with van der Waals surface area (Å²) in [6, 6.07) is 4.00. The Kier molecular flexibility index (Phi) is 4.89. The van der Waals surface area contributed by atoms with Crippen LogP contribution in [-0.2, 0) is 14.8 Å². The molecule has 1 aromatic heterocycles. The van der Waals surface area contributed by atoms with Gasteiger partial charge in [0, 0.05) is 22.8 Å². The Hall–Kier alpha value is -2.76. The molecule has 8 nitrogen and oxygen atoms in total. The monoisotopic (exact) mass is 454 g/mol. The van der Waals surface area contributed by atoms with Crippen molar-refractivity contribution in [2.75, 3.05) is 12.3 Å². The Morgan fingerprint density at radius 1 is 1.21 bits per heavy atom. The van der Waals surface area contributed by atoms with Crippen molar-refractivity contribution in [3.63, 3.8) is 0 Å². The fourth-order valence-electron chi connectivity index (χ4n) is 2.76. The number of hydrazine groups is 1. The zero-order valence-electron chi connectivity index (χ0n) is 14.5. The van der Waals surface area contributed by atoms with Crippen molar-refractivity contribution in [2.45, 2.75) is 0 Å². The van der Waals surface area contributed by atoms with Gasteiger partial charge in [-0.1, -0.05) is 11.6 Å². The maximum Gasteiger partial charge on any atom is 0.281 e. The lowest BCUT2D eigenvalue weighted by atomic mass is 10.2. The molecule has 0 fully saturated rings. The van der Waals surface area contributed by atoms with E-state index in [4.69, 9.17) is 11.6 Å². The SMILES string of the molecule is O=C(NNC(=O)c1sc2cc(F)ccc2c1Cl)C1=CN2CCS(=O)(=O)N=C2C=C1. The van der Waals surface area contributed by atoms with E-state index in [0.29, 0.717) is 10.1 Å². The number of halogens is 2. The molecule has 1 aromatic carbocycles. The third kappa shape index (κ3) is 3.88. The second kappa shape index (κ2) is 7.25. The first-order chi connectivity index (χ1) is 13.7. The molecule has 2 N–H and O–H groups in total. The Bertz CT molecular complexity index is 1250. The van der Waals surface area contributed by atoms with Crippen molar-refractivity contribution in [3.05, 3.63) is 57.8 Å². The van der Waals surface area contributed by atoms with Gasteiger partial charge in [-0.05, 0) is 30.4 Å². The normalized spacial score (nSPS) is 17.4. The highest BCUT2D eigenvalue weighted by molar-refractivity contribution is 7.90. The average Bonchev–Trinajstić information content (AvgIpc) is 3.00. The van der Waals surface area contributed by atoms with Gasteiger partial charge >= 0.3 is 0 Å². The van der Waals surface area contributed by atoms with Crippen molar-refractivity contribution < 1.29 is 22.4 Å². The highest BCUT2D eigenvalue weighted by atomic mass is 35.5. The molecule has 150 valence electrons. The van der Waals surface area contributed by atoms with Gasteiger partial charge in [-0.25, -0.2) is 12.8 Å². The second-order valence-corrected chi connectivity index (χ2v) is 9.33. The Labute approximate surface area is 173 Å². The van der Waals surface area contributed by atoms with Crippen molar-refractivity contribution in [1.29, 1.82) is 0 Å². The van der Waals surface area contributed by atoms with Crippen LogP contribution in [0.3, 0.4) is 0 Å².